The number of aliphatic carboxylic acids is 1. The molecule has 132 valence electrons. The van der Waals surface area contributed by atoms with E-state index in [0.717, 1.165) is 0 Å². The average molecular weight is 334 g/mol. The van der Waals surface area contributed by atoms with E-state index in [1.54, 1.807) is 38.1 Å². The number of hydrogen-bond donors (Lipinski definition) is 2. The molecule has 0 bridgehead atoms. The summed E-state index contributed by atoms with van der Waals surface area (Å²) < 4.78 is 0. The third-order valence-electron chi connectivity index (χ3n) is 3.36. The third-order valence-corrected chi connectivity index (χ3v) is 3.36. The number of carbonyl (C=O) groups is 3. The van der Waals surface area contributed by atoms with Gasteiger partial charge in [-0.25, -0.2) is 0 Å². The Hall–Kier alpha value is -2.37. The summed E-state index contributed by atoms with van der Waals surface area (Å²) in [5.74, 6) is -1.63. The summed E-state index contributed by atoms with van der Waals surface area (Å²) in [6.07, 6.45) is 0. The summed E-state index contributed by atoms with van der Waals surface area (Å²) >= 11 is 0. The van der Waals surface area contributed by atoms with Crippen molar-refractivity contribution in [1.82, 2.24) is 10.2 Å². The van der Waals surface area contributed by atoms with Crippen LogP contribution in [0.25, 0.3) is 0 Å². The van der Waals surface area contributed by atoms with E-state index in [0.29, 0.717) is 17.7 Å². The van der Waals surface area contributed by atoms with Crippen LogP contribution in [0.3, 0.4) is 0 Å². The first-order valence-corrected chi connectivity index (χ1v) is 7.92. The number of carboxylic acids is 1. The first-order valence-electron chi connectivity index (χ1n) is 7.92. The molecule has 0 spiro atoms. The van der Waals surface area contributed by atoms with Crippen LogP contribution in [0, 0.1) is 5.41 Å². The molecule has 2 N–H and O–H groups in total. The monoisotopic (exact) mass is 334 g/mol. The SMILES string of the molecule is CC(C)N(CC(=O)O)C(=O)c1ccc(C(=O)NCC(C)(C)C)cc1. The summed E-state index contributed by atoms with van der Waals surface area (Å²) in [4.78, 5) is 36.7. The maximum absolute atomic E-state index is 12.4. The third kappa shape index (κ3) is 6.02. The molecule has 24 heavy (non-hydrogen) atoms. The van der Waals surface area contributed by atoms with Crippen LogP contribution in [-0.2, 0) is 4.79 Å². The molecule has 1 aromatic carbocycles. The number of rotatable bonds is 6. The zero-order chi connectivity index (χ0) is 18.5. The van der Waals surface area contributed by atoms with E-state index < -0.39 is 5.97 Å². The Labute approximate surface area is 142 Å². The molecule has 0 atom stereocenters. The van der Waals surface area contributed by atoms with Crippen LogP contribution in [0.5, 0.6) is 0 Å². The van der Waals surface area contributed by atoms with E-state index in [1.807, 2.05) is 20.8 Å². The minimum Gasteiger partial charge on any atom is -0.480 e. The molecule has 0 saturated heterocycles. The molecule has 1 rings (SSSR count). The molecule has 0 heterocycles. The van der Waals surface area contributed by atoms with Gasteiger partial charge in [0, 0.05) is 23.7 Å². The fraction of sp³-hybridized carbons (Fsp3) is 0.500. The first-order chi connectivity index (χ1) is 11.0. The Morgan fingerprint density at radius 3 is 2.00 bits per heavy atom. The minimum absolute atomic E-state index is 0.0137. The van der Waals surface area contributed by atoms with Gasteiger partial charge in [-0.1, -0.05) is 20.8 Å². The fourth-order valence-electron chi connectivity index (χ4n) is 2.01. The van der Waals surface area contributed by atoms with Gasteiger partial charge in [-0.15, -0.1) is 0 Å². The van der Waals surface area contributed by atoms with E-state index in [4.69, 9.17) is 5.11 Å². The van der Waals surface area contributed by atoms with Crippen molar-refractivity contribution < 1.29 is 19.5 Å². The molecule has 0 aliphatic heterocycles. The van der Waals surface area contributed by atoms with Crippen LogP contribution in [0.4, 0.5) is 0 Å². The zero-order valence-corrected chi connectivity index (χ0v) is 14.9. The molecule has 0 unspecified atom stereocenters. The van der Waals surface area contributed by atoms with Crippen molar-refractivity contribution in [1.29, 1.82) is 0 Å². The molecular formula is C18H26N2O4. The highest BCUT2D eigenvalue weighted by Gasteiger charge is 2.21. The molecule has 0 aliphatic rings. The van der Waals surface area contributed by atoms with Crippen molar-refractivity contribution in [3.63, 3.8) is 0 Å². The minimum atomic E-state index is -1.06. The Morgan fingerprint density at radius 1 is 1.08 bits per heavy atom. The van der Waals surface area contributed by atoms with Gasteiger partial charge in [-0.3, -0.25) is 14.4 Å². The maximum Gasteiger partial charge on any atom is 0.323 e. The predicted molar refractivity (Wildman–Crippen MR) is 92.0 cm³/mol. The second-order valence-corrected chi connectivity index (χ2v) is 7.24. The van der Waals surface area contributed by atoms with E-state index in [1.165, 1.54) is 4.90 Å². The van der Waals surface area contributed by atoms with Gasteiger partial charge in [-0.05, 0) is 43.5 Å². The van der Waals surface area contributed by atoms with Crippen LogP contribution in [0.2, 0.25) is 0 Å². The number of hydrogen-bond acceptors (Lipinski definition) is 3. The van der Waals surface area contributed by atoms with Crippen molar-refractivity contribution in [3.8, 4) is 0 Å². The highest BCUT2D eigenvalue weighted by atomic mass is 16.4. The molecule has 2 amide bonds. The molecule has 0 saturated carbocycles. The topological polar surface area (TPSA) is 86.7 Å². The second kappa shape index (κ2) is 7.95. The molecule has 0 radical (unpaired) electrons. The number of nitrogens with one attached hydrogen (secondary N) is 1. The van der Waals surface area contributed by atoms with Gasteiger partial charge >= 0.3 is 5.97 Å². The van der Waals surface area contributed by atoms with Gasteiger partial charge in [-0.2, -0.15) is 0 Å². The summed E-state index contributed by atoms with van der Waals surface area (Å²) in [6, 6.07) is 6.01. The zero-order valence-electron chi connectivity index (χ0n) is 14.9. The van der Waals surface area contributed by atoms with Crippen molar-refractivity contribution >= 4 is 17.8 Å². The molecule has 0 aromatic heterocycles. The van der Waals surface area contributed by atoms with Gasteiger partial charge < -0.3 is 15.3 Å². The Kier molecular flexibility index (Phi) is 6.51. The summed E-state index contributed by atoms with van der Waals surface area (Å²) in [5.41, 5.74) is 0.808. The first kappa shape index (κ1) is 19.7. The van der Waals surface area contributed by atoms with Crippen LogP contribution in [-0.4, -0.2) is 46.9 Å². The van der Waals surface area contributed by atoms with Crippen LogP contribution in [0.15, 0.2) is 24.3 Å². The quantitative estimate of drug-likeness (QED) is 0.836. The highest BCUT2D eigenvalue weighted by molar-refractivity contribution is 5.98. The average Bonchev–Trinajstić information content (AvgIpc) is 2.48. The summed E-state index contributed by atoms with van der Waals surface area (Å²) in [6.45, 7) is 9.79. The maximum atomic E-state index is 12.4. The van der Waals surface area contributed by atoms with E-state index in [-0.39, 0.29) is 29.8 Å². The van der Waals surface area contributed by atoms with Crippen LogP contribution >= 0.6 is 0 Å². The van der Waals surface area contributed by atoms with Crippen LogP contribution in [0.1, 0.15) is 55.3 Å². The van der Waals surface area contributed by atoms with E-state index in [9.17, 15) is 14.4 Å². The molecule has 1 aromatic rings. The van der Waals surface area contributed by atoms with E-state index in [2.05, 4.69) is 5.32 Å². The van der Waals surface area contributed by atoms with Gasteiger partial charge in [0.15, 0.2) is 0 Å². The Balaban J connectivity index is 2.84. The van der Waals surface area contributed by atoms with E-state index >= 15 is 0 Å². The van der Waals surface area contributed by atoms with Crippen molar-refractivity contribution in [3.05, 3.63) is 35.4 Å². The Morgan fingerprint density at radius 2 is 1.58 bits per heavy atom. The van der Waals surface area contributed by atoms with Crippen molar-refractivity contribution in [2.24, 2.45) is 5.41 Å². The largest absolute Gasteiger partial charge is 0.480 e. The lowest BCUT2D eigenvalue weighted by atomic mass is 9.97. The molecule has 0 fully saturated rings. The van der Waals surface area contributed by atoms with Crippen molar-refractivity contribution in [2.45, 2.75) is 40.7 Å². The standard InChI is InChI=1S/C18H26N2O4/c1-12(2)20(10-15(21)22)17(24)14-8-6-13(7-9-14)16(23)19-11-18(3,4)5/h6-9,12H,10-11H2,1-5H3,(H,19,23)(H,21,22). The van der Waals surface area contributed by atoms with Gasteiger partial charge in [0.1, 0.15) is 6.54 Å². The fourth-order valence-corrected chi connectivity index (χ4v) is 2.01. The predicted octanol–water partition coefficient (Wildman–Crippen LogP) is 2.40. The molecular weight excluding hydrogens is 308 g/mol. The molecule has 6 nitrogen and oxygen atoms in total. The lowest BCUT2D eigenvalue weighted by Gasteiger charge is -2.25. The molecule has 0 aliphatic carbocycles. The number of benzene rings is 1. The highest BCUT2D eigenvalue weighted by Crippen LogP contribution is 2.13. The second-order valence-electron chi connectivity index (χ2n) is 7.24. The lowest BCUT2D eigenvalue weighted by molar-refractivity contribution is -0.138. The van der Waals surface area contributed by atoms with Gasteiger partial charge in [0.2, 0.25) is 0 Å². The lowest BCUT2D eigenvalue weighted by Crippen LogP contribution is -2.40. The normalized spacial score (nSPS) is 11.2. The summed E-state index contributed by atoms with van der Waals surface area (Å²) in [7, 11) is 0. The number of amides is 2. The van der Waals surface area contributed by atoms with Gasteiger partial charge in [0.05, 0.1) is 0 Å². The Bertz CT molecular complexity index is 600. The smallest absolute Gasteiger partial charge is 0.323 e. The number of carbonyl (C=O) groups excluding carboxylic acids is 2. The van der Waals surface area contributed by atoms with Crippen LogP contribution < -0.4 is 5.32 Å². The number of nitrogens with zero attached hydrogens (tertiary/aromatic N) is 1. The van der Waals surface area contributed by atoms with Gasteiger partial charge in [0.25, 0.3) is 11.8 Å². The number of carboxylic acid groups (broad SMARTS) is 1. The molecule has 6 heteroatoms. The summed E-state index contributed by atoms with van der Waals surface area (Å²) in [5, 5.41) is 11.8. The van der Waals surface area contributed by atoms with Crippen molar-refractivity contribution in [2.75, 3.05) is 13.1 Å².